The largest absolute Gasteiger partial charge is 0.443 e. The standard InChI is InChI=1S/C18H19BrClN2O3/c1-18(2,3)25-17(23)21(4)15-7-11(20)6-12-13-5-10(19)9-22(24)16(13)8-14(12)15/h5-7,9,24H,8H2,1-4H3/q+1. The van der Waals surface area contributed by atoms with Gasteiger partial charge in [-0.3, -0.25) is 10.1 Å². The van der Waals surface area contributed by atoms with Crippen LogP contribution in [0, 0.1) is 0 Å². The predicted octanol–water partition coefficient (Wildman–Crippen LogP) is 4.57. The molecule has 132 valence electrons. The Bertz CT molecular complexity index is 878. The Balaban J connectivity index is 2.08. The van der Waals surface area contributed by atoms with Crippen molar-refractivity contribution >= 4 is 39.3 Å². The quantitative estimate of drug-likeness (QED) is 0.458. The van der Waals surface area contributed by atoms with E-state index in [1.54, 1.807) is 19.3 Å². The number of anilines is 1. The molecule has 0 saturated carbocycles. The summed E-state index contributed by atoms with van der Waals surface area (Å²) in [7, 11) is 1.66. The molecule has 0 unspecified atom stereocenters. The lowest BCUT2D eigenvalue weighted by Crippen LogP contribution is -2.35. The van der Waals surface area contributed by atoms with E-state index in [-0.39, 0.29) is 0 Å². The normalized spacial score (nSPS) is 12.6. The molecule has 0 saturated heterocycles. The minimum absolute atomic E-state index is 0.453. The van der Waals surface area contributed by atoms with Gasteiger partial charge in [0.05, 0.1) is 22.1 Å². The average molecular weight is 427 g/mol. The molecule has 1 N–H and O–H groups in total. The zero-order chi connectivity index (χ0) is 18.5. The van der Waals surface area contributed by atoms with Crippen LogP contribution in [0.25, 0.3) is 11.1 Å². The highest BCUT2D eigenvalue weighted by Crippen LogP contribution is 2.42. The Hall–Kier alpha value is -1.79. The maximum absolute atomic E-state index is 12.5. The summed E-state index contributed by atoms with van der Waals surface area (Å²) in [6.07, 6.45) is 1.63. The second kappa shape index (κ2) is 6.18. The molecule has 2 aromatic rings. The van der Waals surface area contributed by atoms with E-state index in [9.17, 15) is 10.0 Å². The number of hydrogen-bond donors (Lipinski definition) is 1. The van der Waals surface area contributed by atoms with Crippen LogP contribution in [0.2, 0.25) is 5.02 Å². The molecule has 0 atom stereocenters. The third-order valence-electron chi connectivity index (χ3n) is 3.97. The number of nitrogens with zero attached hydrogens (tertiary/aromatic N) is 2. The van der Waals surface area contributed by atoms with Crippen LogP contribution in [0.5, 0.6) is 0 Å². The van der Waals surface area contributed by atoms with Gasteiger partial charge in [-0.15, -0.1) is 0 Å². The number of ether oxygens (including phenoxy) is 1. The number of benzene rings is 1. The molecule has 1 aliphatic rings. The Morgan fingerprint density at radius 1 is 1.32 bits per heavy atom. The number of carbonyl (C=O) groups excluding carboxylic acids is 1. The van der Waals surface area contributed by atoms with Crippen molar-refractivity contribution in [1.29, 1.82) is 0 Å². The van der Waals surface area contributed by atoms with Crippen molar-refractivity contribution in [2.24, 2.45) is 0 Å². The number of amides is 1. The van der Waals surface area contributed by atoms with Crippen molar-refractivity contribution in [3.63, 3.8) is 0 Å². The van der Waals surface area contributed by atoms with E-state index in [2.05, 4.69) is 15.9 Å². The number of fused-ring (bicyclic) bond motifs is 3. The monoisotopic (exact) mass is 425 g/mol. The second-order valence-electron chi connectivity index (χ2n) is 7.03. The summed E-state index contributed by atoms with van der Waals surface area (Å²) in [5.74, 6) is 0. The minimum atomic E-state index is -0.588. The van der Waals surface area contributed by atoms with Crippen LogP contribution in [0.1, 0.15) is 32.0 Å². The third-order valence-corrected chi connectivity index (χ3v) is 4.62. The zero-order valence-electron chi connectivity index (χ0n) is 14.4. The van der Waals surface area contributed by atoms with Crippen LogP contribution in [-0.4, -0.2) is 23.9 Å². The number of pyridine rings is 1. The number of carbonyl (C=O) groups is 1. The van der Waals surface area contributed by atoms with Gasteiger partial charge >= 0.3 is 6.09 Å². The summed E-state index contributed by atoms with van der Waals surface area (Å²) in [6, 6.07) is 5.52. The fraction of sp³-hybridized carbons (Fsp3) is 0.333. The van der Waals surface area contributed by atoms with E-state index < -0.39 is 11.7 Å². The summed E-state index contributed by atoms with van der Waals surface area (Å²) in [6.45, 7) is 5.47. The van der Waals surface area contributed by atoms with E-state index in [4.69, 9.17) is 16.3 Å². The lowest BCUT2D eigenvalue weighted by atomic mass is 10.0. The fourth-order valence-electron chi connectivity index (χ4n) is 2.93. The number of hydrogen-bond acceptors (Lipinski definition) is 3. The molecule has 0 bridgehead atoms. The Labute approximate surface area is 159 Å². The molecule has 25 heavy (non-hydrogen) atoms. The van der Waals surface area contributed by atoms with E-state index in [1.165, 1.54) is 4.90 Å². The molecule has 1 aliphatic carbocycles. The molecule has 1 aromatic carbocycles. The van der Waals surface area contributed by atoms with Gasteiger partial charge in [-0.05, 0) is 66.0 Å². The Morgan fingerprint density at radius 3 is 2.64 bits per heavy atom. The van der Waals surface area contributed by atoms with E-state index in [0.717, 1.165) is 31.6 Å². The van der Waals surface area contributed by atoms with Gasteiger partial charge in [-0.1, -0.05) is 11.6 Å². The van der Waals surface area contributed by atoms with Crippen molar-refractivity contribution in [2.75, 3.05) is 11.9 Å². The van der Waals surface area contributed by atoms with E-state index in [0.29, 0.717) is 17.1 Å². The SMILES string of the molecule is CN(C(=O)OC(C)(C)C)c1cc(Cl)cc2c1Cc1c-2cc(Br)c[n+]1O. The minimum Gasteiger partial charge on any atom is -0.443 e. The Kier molecular flexibility index (Phi) is 4.45. The van der Waals surface area contributed by atoms with Crippen molar-refractivity contribution in [2.45, 2.75) is 32.8 Å². The maximum Gasteiger partial charge on any atom is 0.414 e. The summed E-state index contributed by atoms with van der Waals surface area (Å²) < 4.78 is 7.31. The second-order valence-corrected chi connectivity index (χ2v) is 8.38. The van der Waals surface area contributed by atoms with Crippen LogP contribution >= 0.6 is 27.5 Å². The molecule has 1 heterocycles. The smallest absolute Gasteiger partial charge is 0.414 e. The molecule has 1 amide bonds. The van der Waals surface area contributed by atoms with Crippen LogP contribution < -0.4 is 9.63 Å². The van der Waals surface area contributed by atoms with Crippen LogP contribution in [0.15, 0.2) is 28.9 Å². The fourth-order valence-corrected chi connectivity index (χ4v) is 3.57. The van der Waals surface area contributed by atoms with E-state index in [1.807, 2.05) is 32.9 Å². The van der Waals surface area contributed by atoms with Crippen molar-refractivity contribution in [3.05, 3.63) is 45.1 Å². The lowest BCUT2D eigenvalue weighted by molar-refractivity contribution is -0.909. The van der Waals surface area contributed by atoms with Crippen molar-refractivity contribution in [1.82, 2.24) is 0 Å². The van der Waals surface area contributed by atoms with Gasteiger partial charge in [0.25, 0.3) is 0 Å². The molecule has 0 radical (unpaired) electrons. The number of halogens is 2. The highest BCUT2D eigenvalue weighted by Gasteiger charge is 2.33. The molecule has 0 spiro atoms. The highest BCUT2D eigenvalue weighted by atomic mass is 79.9. The van der Waals surface area contributed by atoms with Gasteiger partial charge in [0.2, 0.25) is 11.9 Å². The van der Waals surface area contributed by atoms with Gasteiger partial charge in [-0.25, -0.2) is 4.79 Å². The topological polar surface area (TPSA) is 53.7 Å². The zero-order valence-corrected chi connectivity index (χ0v) is 16.8. The molecular formula is C18H19BrClN2O3+. The molecular weight excluding hydrogens is 408 g/mol. The molecule has 7 heteroatoms. The molecule has 5 nitrogen and oxygen atoms in total. The van der Waals surface area contributed by atoms with Crippen LogP contribution in [0.3, 0.4) is 0 Å². The molecule has 3 rings (SSSR count). The summed E-state index contributed by atoms with van der Waals surface area (Å²) >= 11 is 9.69. The predicted molar refractivity (Wildman–Crippen MR) is 99.4 cm³/mol. The first-order chi connectivity index (χ1) is 11.6. The van der Waals surface area contributed by atoms with Gasteiger partial charge in [0, 0.05) is 16.8 Å². The first-order valence-corrected chi connectivity index (χ1v) is 8.97. The Morgan fingerprint density at radius 2 is 2.00 bits per heavy atom. The first kappa shape index (κ1) is 18.0. The van der Waals surface area contributed by atoms with Gasteiger partial charge < -0.3 is 4.74 Å². The molecule has 1 aromatic heterocycles. The summed E-state index contributed by atoms with van der Waals surface area (Å²) in [4.78, 5) is 13.9. The highest BCUT2D eigenvalue weighted by molar-refractivity contribution is 9.10. The van der Waals surface area contributed by atoms with Gasteiger partial charge in [0.15, 0.2) is 0 Å². The van der Waals surface area contributed by atoms with E-state index >= 15 is 0 Å². The number of aromatic nitrogens is 1. The van der Waals surface area contributed by atoms with Crippen LogP contribution in [-0.2, 0) is 11.2 Å². The van der Waals surface area contributed by atoms with Gasteiger partial charge in [0.1, 0.15) is 5.60 Å². The maximum atomic E-state index is 12.5. The third kappa shape index (κ3) is 3.46. The molecule has 0 aliphatic heterocycles. The molecule has 0 fully saturated rings. The van der Waals surface area contributed by atoms with Crippen molar-refractivity contribution < 1.29 is 19.5 Å². The van der Waals surface area contributed by atoms with Crippen LogP contribution in [0.4, 0.5) is 10.5 Å². The van der Waals surface area contributed by atoms with Crippen molar-refractivity contribution in [3.8, 4) is 11.1 Å². The average Bonchev–Trinajstić information content (AvgIpc) is 2.83. The first-order valence-electron chi connectivity index (χ1n) is 7.79. The summed E-state index contributed by atoms with van der Waals surface area (Å²) in [5, 5.41) is 10.7. The number of rotatable bonds is 1. The lowest BCUT2D eigenvalue weighted by Gasteiger charge is -2.26. The summed E-state index contributed by atoms with van der Waals surface area (Å²) in [5.41, 5.74) is 3.54. The van der Waals surface area contributed by atoms with Gasteiger partial charge in [-0.2, -0.15) is 0 Å².